The molecule has 0 spiro atoms. The van der Waals surface area contributed by atoms with Crippen molar-refractivity contribution in [3.8, 4) is 0 Å². The number of nitrogens with one attached hydrogen (secondary N) is 1. The Kier molecular flexibility index (Phi) is 5.32. The topological polar surface area (TPSA) is 72.0 Å². The number of aryl methyl sites for hydroxylation is 1. The summed E-state index contributed by atoms with van der Waals surface area (Å²) in [5.74, 6) is 0.424. The minimum absolute atomic E-state index is 0.296. The van der Waals surface area contributed by atoms with E-state index < -0.39 is 15.1 Å². The number of fused-ring (bicyclic) bond motifs is 1. The second kappa shape index (κ2) is 6.83. The predicted molar refractivity (Wildman–Crippen MR) is 83.9 cm³/mol. The third kappa shape index (κ3) is 4.01. The molecule has 0 fully saturated rings. The number of rotatable bonds is 5. The quantitative estimate of drug-likeness (QED) is 0.845. The Morgan fingerprint density at radius 1 is 1.43 bits per heavy atom. The fourth-order valence-electron chi connectivity index (χ4n) is 2.65. The van der Waals surface area contributed by atoms with Crippen LogP contribution in [0, 0.1) is 0 Å². The van der Waals surface area contributed by atoms with Crippen LogP contribution in [0.1, 0.15) is 67.9 Å². The Bertz CT molecular complexity index is 587. The van der Waals surface area contributed by atoms with Gasteiger partial charge in [-0.05, 0) is 39.2 Å². The van der Waals surface area contributed by atoms with Crippen molar-refractivity contribution in [1.82, 2.24) is 15.3 Å². The first-order valence-corrected chi connectivity index (χ1v) is 9.67. The molecule has 0 radical (unpaired) electrons. The van der Waals surface area contributed by atoms with Crippen LogP contribution in [0.5, 0.6) is 0 Å². The summed E-state index contributed by atoms with van der Waals surface area (Å²) in [7, 11) is -3.16. The van der Waals surface area contributed by atoms with Gasteiger partial charge < -0.3 is 5.32 Å². The third-order valence-electron chi connectivity index (χ3n) is 4.10. The first-order chi connectivity index (χ1) is 9.93. The molecule has 0 saturated carbocycles. The Labute approximate surface area is 127 Å². The Balaban J connectivity index is 2.32. The van der Waals surface area contributed by atoms with Crippen molar-refractivity contribution in [2.45, 2.75) is 57.2 Å². The second-order valence-electron chi connectivity index (χ2n) is 5.85. The highest BCUT2D eigenvalue weighted by Gasteiger charge is 2.24. The first kappa shape index (κ1) is 16.4. The van der Waals surface area contributed by atoms with Gasteiger partial charge in [-0.25, -0.2) is 18.4 Å². The van der Waals surface area contributed by atoms with Gasteiger partial charge in [0.05, 0.1) is 0 Å². The van der Waals surface area contributed by atoms with E-state index in [9.17, 15) is 8.42 Å². The molecular formula is C15H25N3O2S. The normalized spacial score (nSPS) is 20.6. The molecule has 2 unspecified atom stereocenters. The van der Waals surface area contributed by atoms with E-state index in [0.29, 0.717) is 11.9 Å². The van der Waals surface area contributed by atoms with E-state index in [1.165, 1.54) is 6.26 Å². The van der Waals surface area contributed by atoms with Crippen LogP contribution in [0.25, 0.3) is 0 Å². The lowest BCUT2D eigenvalue weighted by atomic mass is 10.0. The molecule has 0 bridgehead atoms. The standard InChI is InChI=1S/C15H25N3O2S/c1-4-9-16-13-7-5-6-8-14-12(13)10-17-15(18-14)11(2)21(3,19)20/h10-11,13,16H,4-9H2,1-3H3. The highest BCUT2D eigenvalue weighted by Crippen LogP contribution is 2.28. The molecule has 118 valence electrons. The molecule has 1 aliphatic rings. The van der Waals surface area contributed by atoms with Crippen LogP contribution in [-0.4, -0.2) is 31.2 Å². The van der Waals surface area contributed by atoms with E-state index in [0.717, 1.165) is 49.9 Å². The average Bonchev–Trinajstić information content (AvgIpc) is 2.64. The van der Waals surface area contributed by atoms with Crippen molar-refractivity contribution in [3.63, 3.8) is 0 Å². The van der Waals surface area contributed by atoms with Crippen LogP contribution in [-0.2, 0) is 16.3 Å². The molecule has 0 saturated heterocycles. The molecule has 0 aliphatic heterocycles. The average molecular weight is 311 g/mol. The minimum atomic E-state index is -3.16. The Hall–Kier alpha value is -1.01. The number of sulfone groups is 1. The number of hydrogen-bond donors (Lipinski definition) is 1. The third-order valence-corrected chi connectivity index (χ3v) is 5.59. The molecule has 21 heavy (non-hydrogen) atoms. The van der Waals surface area contributed by atoms with E-state index in [1.807, 2.05) is 6.20 Å². The largest absolute Gasteiger partial charge is 0.310 e. The molecule has 1 aromatic heterocycles. The zero-order valence-corrected chi connectivity index (χ0v) is 13.9. The fraction of sp³-hybridized carbons (Fsp3) is 0.733. The van der Waals surface area contributed by atoms with Crippen molar-refractivity contribution in [3.05, 3.63) is 23.3 Å². The summed E-state index contributed by atoms with van der Waals surface area (Å²) in [4.78, 5) is 8.90. The van der Waals surface area contributed by atoms with Gasteiger partial charge in [0.25, 0.3) is 0 Å². The Morgan fingerprint density at radius 3 is 2.86 bits per heavy atom. The van der Waals surface area contributed by atoms with Crippen molar-refractivity contribution in [2.24, 2.45) is 0 Å². The van der Waals surface area contributed by atoms with E-state index in [4.69, 9.17) is 0 Å². The van der Waals surface area contributed by atoms with Crippen LogP contribution in [0.15, 0.2) is 6.20 Å². The number of nitrogens with zero attached hydrogens (tertiary/aromatic N) is 2. The van der Waals surface area contributed by atoms with E-state index >= 15 is 0 Å². The van der Waals surface area contributed by atoms with Crippen LogP contribution in [0.3, 0.4) is 0 Å². The molecule has 5 nitrogen and oxygen atoms in total. The van der Waals surface area contributed by atoms with Crippen LogP contribution < -0.4 is 5.32 Å². The molecule has 1 heterocycles. The van der Waals surface area contributed by atoms with E-state index in [-0.39, 0.29) is 0 Å². The zero-order chi connectivity index (χ0) is 15.5. The summed E-state index contributed by atoms with van der Waals surface area (Å²) in [6.07, 6.45) is 8.42. The molecule has 0 amide bonds. The van der Waals surface area contributed by atoms with E-state index in [1.54, 1.807) is 6.92 Å². The molecule has 2 atom stereocenters. The summed E-state index contributed by atoms with van der Waals surface area (Å²) >= 11 is 0. The van der Waals surface area contributed by atoms with Crippen molar-refractivity contribution >= 4 is 9.84 Å². The molecule has 0 aromatic carbocycles. The lowest BCUT2D eigenvalue weighted by Gasteiger charge is -2.19. The van der Waals surface area contributed by atoms with Gasteiger partial charge >= 0.3 is 0 Å². The van der Waals surface area contributed by atoms with Crippen molar-refractivity contribution in [1.29, 1.82) is 0 Å². The van der Waals surface area contributed by atoms with Gasteiger partial charge in [-0.15, -0.1) is 0 Å². The minimum Gasteiger partial charge on any atom is -0.310 e. The van der Waals surface area contributed by atoms with Crippen molar-refractivity contribution in [2.75, 3.05) is 12.8 Å². The SMILES string of the molecule is CCCNC1CCCCc2nc(C(C)S(C)(=O)=O)ncc21. The summed E-state index contributed by atoms with van der Waals surface area (Å²) in [6, 6.07) is 0.296. The number of aromatic nitrogens is 2. The lowest BCUT2D eigenvalue weighted by Crippen LogP contribution is -2.23. The highest BCUT2D eigenvalue weighted by atomic mass is 32.2. The van der Waals surface area contributed by atoms with Gasteiger partial charge in [0.2, 0.25) is 0 Å². The summed E-state index contributed by atoms with van der Waals surface area (Å²) in [5.41, 5.74) is 2.16. The maximum absolute atomic E-state index is 11.7. The number of hydrogen-bond acceptors (Lipinski definition) is 5. The molecule has 1 N–H and O–H groups in total. The highest BCUT2D eigenvalue weighted by molar-refractivity contribution is 7.90. The van der Waals surface area contributed by atoms with Gasteiger partial charge in [-0.3, -0.25) is 0 Å². The molecule has 1 aromatic rings. The summed E-state index contributed by atoms with van der Waals surface area (Å²) < 4.78 is 23.4. The smallest absolute Gasteiger partial charge is 0.157 e. The maximum Gasteiger partial charge on any atom is 0.157 e. The Morgan fingerprint density at radius 2 is 2.19 bits per heavy atom. The van der Waals surface area contributed by atoms with Gasteiger partial charge in [-0.1, -0.05) is 13.3 Å². The summed E-state index contributed by atoms with van der Waals surface area (Å²) in [5, 5.41) is 2.90. The summed E-state index contributed by atoms with van der Waals surface area (Å²) in [6.45, 7) is 4.78. The van der Waals surface area contributed by atoms with Gasteiger partial charge in [0.15, 0.2) is 9.84 Å². The van der Waals surface area contributed by atoms with Crippen LogP contribution in [0.4, 0.5) is 0 Å². The van der Waals surface area contributed by atoms with Gasteiger partial charge in [-0.2, -0.15) is 0 Å². The monoisotopic (exact) mass is 311 g/mol. The predicted octanol–water partition coefficient (Wildman–Crippen LogP) is 2.35. The lowest BCUT2D eigenvalue weighted by molar-refractivity contribution is 0.488. The zero-order valence-electron chi connectivity index (χ0n) is 13.1. The first-order valence-electron chi connectivity index (χ1n) is 7.71. The molecule has 1 aliphatic carbocycles. The molecule has 2 rings (SSSR count). The maximum atomic E-state index is 11.7. The fourth-order valence-corrected chi connectivity index (χ4v) is 3.14. The van der Waals surface area contributed by atoms with Crippen LogP contribution >= 0.6 is 0 Å². The van der Waals surface area contributed by atoms with Crippen LogP contribution in [0.2, 0.25) is 0 Å². The molecular weight excluding hydrogens is 286 g/mol. The molecule has 6 heteroatoms. The van der Waals surface area contributed by atoms with Gasteiger partial charge in [0.1, 0.15) is 11.1 Å². The van der Waals surface area contributed by atoms with Crippen molar-refractivity contribution < 1.29 is 8.42 Å². The second-order valence-corrected chi connectivity index (χ2v) is 8.22. The van der Waals surface area contributed by atoms with E-state index in [2.05, 4.69) is 22.2 Å². The van der Waals surface area contributed by atoms with Gasteiger partial charge in [0, 0.05) is 29.8 Å².